The average molecular weight is 413 g/mol. The van der Waals surface area contributed by atoms with Crippen LogP contribution in [-0.2, 0) is 13.0 Å². The van der Waals surface area contributed by atoms with E-state index < -0.39 is 0 Å². The number of nitrogens with one attached hydrogen (secondary N) is 1. The second-order valence-corrected chi connectivity index (χ2v) is 8.38. The molecule has 1 aromatic carbocycles. The minimum absolute atomic E-state index is 0.182. The van der Waals surface area contributed by atoms with E-state index in [9.17, 15) is 9.59 Å². The molecule has 6 heteroatoms. The van der Waals surface area contributed by atoms with Crippen molar-refractivity contribution in [3.8, 4) is 11.5 Å². The minimum atomic E-state index is -0.254. The Kier molecular flexibility index (Phi) is 6.85. The van der Waals surface area contributed by atoms with E-state index in [-0.39, 0.29) is 17.3 Å². The molecule has 1 aliphatic rings. The minimum Gasteiger partial charge on any atom is -0.493 e. The molecule has 1 fully saturated rings. The van der Waals surface area contributed by atoms with Crippen LogP contribution in [0.5, 0.6) is 11.5 Å². The first-order valence-corrected chi connectivity index (χ1v) is 10.6. The van der Waals surface area contributed by atoms with Crippen LogP contribution in [-0.4, -0.2) is 31.2 Å². The highest BCUT2D eigenvalue weighted by molar-refractivity contribution is 5.95. The van der Waals surface area contributed by atoms with Gasteiger partial charge in [0.2, 0.25) is 0 Å². The Morgan fingerprint density at radius 1 is 1.17 bits per heavy atom. The van der Waals surface area contributed by atoms with Crippen molar-refractivity contribution in [2.24, 2.45) is 5.92 Å². The van der Waals surface area contributed by atoms with Gasteiger partial charge in [0.25, 0.3) is 5.91 Å². The van der Waals surface area contributed by atoms with Gasteiger partial charge in [-0.1, -0.05) is 19.9 Å². The highest BCUT2D eigenvalue weighted by Gasteiger charge is 2.33. The number of methoxy groups -OCH3 is 2. The fourth-order valence-electron chi connectivity index (χ4n) is 3.76. The highest BCUT2D eigenvalue weighted by atomic mass is 16.5. The van der Waals surface area contributed by atoms with Crippen molar-refractivity contribution in [3.05, 3.63) is 57.0 Å². The topological polar surface area (TPSA) is 69.6 Å². The molecule has 0 atom stereocenters. The van der Waals surface area contributed by atoms with Crippen molar-refractivity contribution in [2.75, 3.05) is 20.8 Å². The maximum Gasteiger partial charge on any atom is 0.257 e. The fraction of sp³-hybridized carbons (Fsp3) is 0.500. The van der Waals surface area contributed by atoms with Crippen LogP contribution in [0.3, 0.4) is 0 Å². The largest absolute Gasteiger partial charge is 0.493 e. The van der Waals surface area contributed by atoms with Gasteiger partial charge in [0, 0.05) is 36.5 Å². The normalized spacial score (nSPS) is 13.4. The molecule has 0 bridgehead atoms. The summed E-state index contributed by atoms with van der Waals surface area (Å²) in [4.78, 5) is 25.6. The molecule has 1 saturated carbocycles. The number of hydrogen-bond donors (Lipinski definition) is 1. The van der Waals surface area contributed by atoms with Gasteiger partial charge >= 0.3 is 0 Å². The van der Waals surface area contributed by atoms with Crippen molar-refractivity contribution in [1.82, 2.24) is 9.88 Å². The lowest BCUT2D eigenvalue weighted by Gasteiger charge is -2.20. The summed E-state index contributed by atoms with van der Waals surface area (Å²) in [6.07, 6.45) is 2.80. The van der Waals surface area contributed by atoms with E-state index in [1.807, 2.05) is 39.0 Å². The van der Waals surface area contributed by atoms with Gasteiger partial charge < -0.3 is 19.4 Å². The molecule has 0 unspecified atom stereocenters. The molecule has 1 aliphatic carbocycles. The SMILES string of the molecule is COc1ccc(CCn2c(C)cc(=O)c(C(=O)NCC(C)C)c2C2CC2)cc1OC. The summed E-state index contributed by atoms with van der Waals surface area (Å²) in [6.45, 7) is 7.27. The summed E-state index contributed by atoms with van der Waals surface area (Å²) < 4.78 is 12.9. The van der Waals surface area contributed by atoms with Crippen LogP contribution in [0.25, 0.3) is 0 Å². The Morgan fingerprint density at radius 3 is 2.47 bits per heavy atom. The first-order chi connectivity index (χ1) is 14.3. The molecule has 162 valence electrons. The van der Waals surface area contributed by atoms with Crippen LogP contribution in [0.1, 0.15) is 59.9 Å². The predicted molar refractivity (Wildman–Crippen MR) is 118 cm³/mol. The number of pyridine rings is 1. The monoisotopic (exact) mass is 412 g/mol. The van der Waals surface area contributed by atoms with Crippen molar-refractivity contribution in [3.63, 3.8) is 0 Å². The fourth-order valence-corrected chi connectivity index (χ4v) is 3.76. The number of aryl methyl sites for hydroxylation is 2. The van der Waals surface area contributed by atoms with Gasteiger partial charge in [-0.2, -0.15) is 0 Å². The molecule has 1 heterocycles. The van der Waals surface area contributed by atoms with E-state index in [1.165, 1.54) is 0 Å². The summed E-state index contributed by atoms with van der Waals surface area (Å²) in [7, 11) is 3.25. The number of hydrogen-bond acceptors (Lipinski definition) is 4. The third-order valence-electron chi connectivity index (χ3n) is 5.49. The first-order valence-electron chi connectivity index (χ1n) is 10.6. The predicted octanol–water partition coefficient (Wildman–Crippen LogP) is 3.68. The van der Waals surface area contributed by atoms with E-state index in [0.29, 0.717) is 36.1 Å². The second kappa shape index (κ2) is 9.37. The van der Waals surface area contributed by atoms with Gasteiger partial charge in [0.1, 0.15) is 5.56 Å². The van der Waals surface area contributed by atoms with Crippen LogP contribution in [0.15, 0.2) is 29.1 Å². The van der Waals surface area contributed by atoms with Crippen molar-refractivity contribution < 1.29 is 14.3 Å². The van der Waals surface area contributed by atoms with Gasteiger partial charge in [-0.25, -0.2) is 0 Å². The number of carbonyl (C=O) groups excluding carboxylic acids is 1. The molecule has 2 aromatic rings. The Morgan fingerprint density at radius 2 is 1.87 bits per heavy atom. The van der Waals surface area contributed by atoms with E-state index in [1.54, 1.807) is 20.3 Å². The van der Waals surface area contributed by atoms with Crippen LogP contribution in [0.4, 0.5) is 0 Å². The van der Waals surface area contributed by atoms with E-state index >= 15 is 0 Å². The summed E-state index contributed by atoms with van der Waals surface area (Å²) in [5.41, 5.74) is 3.02. The number of ether oxygens (including phenoxy) is 2. The molecule has 1 amide bonds. The van der Waals surface area contributed by atoms with E-state index in [2.05, 4.69) is 9.88 Å². The average Bonchev–Trinajstić information content (AvgIpc) is 3.55. The Balaban J connectivity index is 1.92. The molecule has 3 rings (SSSR count). The van der Waals surface area contributed by atoms with Crippen molar-refractivity contribution >= 4 is 5.91 Å². The zero-order valence-corrected chi connectivity index (χ0v) is 18.6. The maximum absolute atomic E-state index is 12.9. The number of nitrogens with zero attached hydrogens (tertiary/aromatic N) is 1. The first kappa shape index (κ1) is 21.9. The lowest BCUT2D eigenvalue weighted by molar-refractivity contribution is 0.0945. The molecule has 0 saturated heterocycles. The van der Waals surface area contributed by atoms with Crippen LogP contribution < -0.4 is 20.2 Å². The third kappa shape index (κ3) is 4.86. The van der Waals surface area contributed by atoms with Crippen LogP contribution in [0, 0.1) is 12.8 Å². The zero-order chi connectivity index (χ0) is 21.8. The molecule has 30 heavy (non-hydrogen) atoms. The van der Waals surface area contributed by atoms with E-state index in [4.69, 9.17) is 9.47 Å². The maximum atomic E-state index is 12.9. The molecular weight excluding hydrogens is 380 g/mol. The number of rotatable bonds is 9. The van der Waals surface area contributed by atoms with Crippen LogP contribution >= 0.6 is 0 Å². The summed E-state index contributed by atoms with van der Waals surface area (Å²) >= 11 is 0. The van der Waals surface area contributed by atoms with Crippen molar-refractivity contribution in [2.45, 2.75) is 52.5 Å². The van der Waals surface area contributed by atoms with Gasteiger partial charge in [-0.3, -0.25) is 9.59 Å². The number of carbonyl (C=O) groups is 1. The standard InChI is InChI=1S/C24H32N2O4/c1-15(2)14-25-24(28)22-19(27)12-16(3)26(23(22)18-7-8-18)11-10-17-6-9-20(29-4)21(13-17)30-5/h6,9,12-13,15,18H,7-8,10-11,14H2,1-5H3,(H,25,28). The summed E-state index contributed by atoms with van der Waals surface area (Å²) in [5.74, 6) is 1.75. The van der Waals surface area contributed by atoms with Gasteiger partial charge in [-0.05, 0) is 49.8 Å². The van der Waals surface area contributed by atoms with Gasteiger partial charge in [-0.15, -0.1) is 0 Å². The number of amides is 1. The number of aromatic nitrogens is 1. The quantitative estimate of drug-likeness (QED) is 0.682. The van der Waals surface area contributed by atoms with Gasteiger partial charge in [0.05, 0.1) is 14.2 Å². The zero-order valence-electron chi connectivity index (χ0n) is 18.6. The molecule has 1 N–H and O–H groups in total. The molecular formula is C24H32N2O4. The lowest BCUT2D eigenvalue weighted by Crippen LogP contribution is -2.34. The summed E-state index contributed by atoms with van der Waals surface area (Å²) in [6, 6.07) is 7.49. The molecule has 0 spiro atoms. The highest BCUT2D eigenvalue weighted by Crippen LogP contribution is 2.41. The molecule has 1 aromatic heterocycles. The second-order valence-electron chi connectivity index (χ2n) is 8.38. The third-order valence-corrected chi connectivity index (χ3v) is 5.49. The molecule has 6 nitrogen and oxygen atoms in total. The molecule has 0 radical (unpaired) electrons. The van der Waals surface area contributed by atoms with Crippen molar-refractivity contribution in [1.29, 1.82) is 0 Å². The summed E-state index contributed by atoms with van der Waals surface area (Å²) in [5, 5.41) is 2.93. The lowest BCUT2D eigenvalue weighted by atomic mass is 10.0. The van der Waals surface area contributed by atoms with Gasteiger partial charge in [0.15, 0.2) is 16.9 Å². The molecule has 0 aliphatic heterocycles. The Hall–Kier alpha value is -2.76. The van der Waals surface area contributed by atoms with E-state index in [0.717, 1.165) is 36.2 Å². The smallest absolute Gasteiger partial charge is 0.257 e. The van der Waals surface area contributed by atoms with Crippen LogP contribution in [0.2, 0.25) is 0 Å². The Bertz CT molecular complexity index is 974. The number of benzene rings is 1. The Labute approximate surface area is 178 Å².